The highest BCUT2D eigenvalue weighted by atomic mass is 16.4. The molecule has 44 heavy (non-hydrogen) atoms. The van der Waals surface area contributed by atoms with Crippen molar-refractivity contribution in [3.8, 4) is 0 Å². The van der Waals surface area contributed by atoms with Crippen LogP contribution in [0.25, 0.3) is 0 Å². The van der Waals surface area contributed by atoms with Crippen molar-refractivity contribution >= 4 is 23.8 Å². The van der Waals surface area contributed by atoms with E-state index in [2.05, 4.69) is 20.6 Å². The Balaban J connectivity index is 1.73. The quantitative estimate of drug-likeness (QED) is 0.171. The Morgan fingerprint density at radius 3 is 1.84 bits per heavy atom. The van der Waals surface area contributed by atoms with Gasteiger partial charge in [-0.25, -0.2) is 0 Å². The molecule has 0 radical (unpaired) electrons. The van der Waals surface area contributed by atoms with Crippen molar-refractivity contribution in [2.24, 2.45) is 0 Å². The van der Waals surface area contributed by atoms with E-state index in [0.29, 0.717) is 42.5 Å². The van der Waals surface area contributed by atoms with E-state index >= 15 is 0 Å². The molecule has 11 nitrogen and oxygen atoms in total. The molecule has 0 spiro atoms. The number of aliphatic hydroxyl groups is 1. The Labute approximate surface area is 257 Å². The first-order valence-electron chi connectivity index (χ1n) is 15.3. The number of hydrogen-bond donors (Lipinski definition) is 7. The zero-order valence-electron chi connectivity index (χ0n) is 26.4. The average Bonchev–Trinajstić information content (AvgIpc) is 3.57. The molecular formula is C33H44N4O7. The standard InChI is InChI=1S/C33H44N4O7/c1-7-20-18(5)31(42)36-25(20)13-24-16(3)22(9-11-29(38)39)26(34-24)14-27-23(10-12-30(40)41)17(4)28(35-27)15-33(44)19(6)21(8-2)32(43)37-33/h25,34-35,44H,7-15H2,1-6H3,(H,36,42)(H,37,43)(H,38,39)(H,40,41)/t25-,33-/m0/s1. The second-order valence-corrected chi connectivity index (χ2v) is 12.0. The predicted molar refractivity (Wildman–Crippen MR) is 164 cm³/mol. The maximum Gasteiger partial charge on any atom is 0.303 e. The third kappa shape index (κ3) is 6.38. The van der Waals surface area contributed by atoms with Crippen molar-refractivity contribution in [2.45, 2.75) is 111 Å². The van der Waals surface area contributed by atoms with Crippen LogP contribution >= 0.6 is 0 Å². The first kappa shape index (κ1) is 32.8. The number of amides is 2. The van der Waals surface area contributed by atoms with Crippen LogP contribution in [-0.4, -0.2) is 60.8 Å². The van der Waals surface area contributed by atoms with E-state index in [1.54, 1.807) is 6.92 Å². The SMILES string of the molecule is CCC1=C(C)[C@@](O)(Cc2[nH]c(Cc3[nH]c(C[C@@H]4NC(=O)C(C)=C4CC)c(C)c3CCC(=O)O)c(CCC(=O)O)c2C)NC1=O. The largest absolute Gasteiger partial charge is 0.481 e. The van der Waals surface area contributed by atoms with Crippen LogP contribution in [0.4, 0.5) is 0 Å². The molecule has 2 aliphatic heterocycles. The Morgan fingerprint density at radius 1 is 0.795 bits per heavy atom. The molecule has 0 unspecified atom stereocenters. The highest BCUT2D eigenvalue weighted by Crippen LogP contribution is 2.34. The summed E-state index contributed by atoms with van der Waals surface area (Å²) in [6, 6.07) is -0.151. The third-order valence-electron chi connectivity index (χ3n) is 9.47. The Kier molecular flexibility index (Phi) is 9.58. The number of aromatic nitrogens is 2. The molecule has 4 rings (SSSR count). The van der Waals surface area contributed by atoms with Crippen LogP contribution < -0.4 is 10.6 Å². The number of carboxylic acids is 2. The molecule has 2 aliphatic rings. The van der Waals surface area contributed by atoms with Crippen molar-refractivity contribution < 1.29 is 34.5 Å². The van der Waals surface area contributed by atoms with Gasteiger partial charge in [0.05, 0.1) is 6.04 Å². The molecule has 0 saturated carbocycles. The van der Waals surface area contributed by atoms with Gasteiger partial charge in [0.2, 0.25) is 11.8 Å². The number of rotatable bonds is 14. The van der Waals surface area contributed by atoms with Gasteiger partial charge >= 0.3 is 11.9 Å². The fourth-order valence-corrected chi connectivity index (χ4v) is 6.81. The normalized spacial score (nSPS) is 20.1. The van der Waals surface area contributed by atoms with Gasteiger partial charge in [-0.2, -0.15) is 0 Å². The number of aliphatic carboxylic acids is 2. The van der Waals surface area contributed by atoms with E-state index in [9.17, 15) is 34.5 Å². The number of carbonyl (C=O) groups excluding carboxylic acids is 2. The minimum absolute atomic E-state index is 0.0521. The summed E-state index contributed by atoms with van der Waals surface area (Å²) in [4.78, 5) is 55.0. The molecule has 2 amide bonds. The van der Waals surface area contributed by atoms with Gasteiger partial charge in [0.25, 0.3) is 0 Å². The fourth-order valence-electron chi connectivity index (χ4n) is 6.81. The summed E-state index contributed by atoms with van der Waals surface area (Å²) in [5.41, 5.74) is 8.03. The third-order valence-corrected chi connectivity index (χ3v) is 9.47. The number of carbonyl (C=O) groups is 4. The summed E-state index contributed by atoms with van der Waals surface area (Å²) in [5.74, 6) is -2.21. The molecule has 2 atom stereocenters. The van der Waals surface area contributed by atoms with E-state index in [0.717, 1.165) is 56.9 Å². The number of aromatic amines is 2. The summed E-state index contributed by atoms with van der Waals surface area (Å²) in [7, 11) is 0. The highest BCUT2D eigenvalue weighted by molar-refractivity contribution is 5.98. The molecule has 2 aromatic rings. The number of hydrogen-bond acceptors (Lipinski definition) is 5. The summed E-state index contributed by atoms with van der Waals surface area (Å²) in [5, 5.41) is 36.1. The van der Waals surface area contributed by atoms with Gasteiger partial charge in [0.1, 0.15) is 0 Å². The van der Waals surface area contributed by atoms with E-state index in [4.69, 9.17) is 0 Å². The van der Waals surface area contributed by atoms with E-state index in [1.165, 1.54) is 0 Å². The van der Waals surface area contributed by atoms with Gasteiger partial charge in [-0.3, -0.25) is 19.2 Å². The monoisotopic (exact) mass is 608 g/mol. The smallest absolute Gasteiger partial charge is 0.303 e. The lowest BCUT2D eigenvalue weighted by Gasteiger charge is -2.25. The van der Waals surface area contributed by atoms with Gasteiger partial charge < -0.3 is 35.9 Å². The summed E-state index contributed by atoms with van der Waals surface area (Å²) in [6.45, 7) is 11.3. The number of H-pyrrole nitrogens is 2. The van der Waals surface area contributed by atoms with Crippen molar-refractivity contribution in [3.05, 3.63) is 67.3 Å². The average molecular weight is 609 g/mol. The molecule has 0 bridgehead atoms. The lowest BCUT2D eigenvalue weighted by molar-refractivity contribution is -0.138. The van der Waals surface area contributed by atoms with Crippen LogP contribution in [0.15, 0.2) is 22.3 Å². The maximum absolute atomic E-state index is 12.5. The second-order valence-electron chi connectivity index (χ2n) is 12.0. The zero-order valence-corrected chi connectivity index (χ0v) is 26.4. The summed E-state index contributed by atoms with van der Waals surface area (Å²) in [6.07, 6.45) is 2.66. The zero-order chi connectivity index (χ0) is 32.5. The lowest BCUT2D eigenvalue weighted by atomic mass is 9.94. The second kappa shape index (κ2) is 12.9. The molecule has 238 valence electrons. The molecule has 4 heterocycles. The Hall–Kier alpha value is -4.12. The highest BCUT2D eigenvalue weighted by Gasteiger charge is 2.41. The van der Waals surface area contributed by atoms with Crippen LogP contribution in [0.1, 0.15) is 98.4 Å². The topological polar surface area (TPSA) is 185 Å². The fraction of sp³-hybridized carbons (Fsp3) is 0.515. The first-order chi connectivity index (χ1) is 20.7. The van der Waals surface area contributed by atoms with Crippen LogP contribution in [-0.2, 0) is 51.3 Å². The molecule has 0 saturated heterocycles. The summed E-state index contributed by atoms with van der Waals surface area (Å²) >= 11 is 0. The Morgan fingerprint density at radius 2 is 1.34 bits per heavy atom. The van der Waals surface area contributed by atoms with Gasteiger partial charge in [-0.05, 0) is 86.8 Å². The first-order valence-corrected chi connectivity index (χ1v) is 15.3. The van der Waals surface area contributed by atoms with Crippen molar-refractivity contribution in [3.63, 3.8) is 0 Å². The van der Waals surface area contributed by atoms with E-state index in [1.807, 2.05) is 34.6 Å². The maximum atomic E-state index is 12.5. The van der Waals surface area contributed by atoms with Gasteiger partial charge in [0, 0.05) is 66.0 Å². The molecule has 0 aliphatic carbocycles. The Bertz CT molecular complexity index is 1570. The van der Waals surface area contributed by atoms with Crippen LogP contribution in [0.2, 0.25) is 0 Å². The van der Waals surface area contributed by atoms with E-state index in [-0.39, 0.29) is 43.5 Å². The van der Waals surface area contributed by atoms with Crippen LogP contribution in [0.3, 0.4) is 0 Å². The van der Waals surface area contributed by atoms with Gasteiger partial charge in [0.15, 0.2) is 5.72 Å². The van der Waals surface area contributed by atoms with Crippen molar-refractivity contribution in [1.82, 2.24) is 20.6 Å². The van der Waals surface area contributed by atoms with Gasteiger partial charge in [-0.15, -0.1) is 0 Å². The number of nitrogens with one attached hydrogen (secondary N) is 4. The summed E-state index contributed by atoms with van der Waals surface area (Å²) < 4.78 is 0. The molecule has 2 aromatic heterocycles. The van der Waals surface area contributed by atoms with E-state index < -0.39 is 17.7 Å². The van der Waals surface area contributed by atoms with Crippen LogP contribution in [0.5, 0.6) is 0 Å². The van der Waals surface area contributed by atoms with Crippen LogP contribution in [0, 0.1) is 13.8 Å². The number of carboxylic acid groups (broad SMARTS) is 2. The van der Waals surface area contributed by atoms with Crippen molar-refractivity contribution in [1.29, 1.82) is 0 Å². The molecule has 0 fully saturated rings. The van der Waals surface area contributed by atoms with Gasteiger partial charge in [-0.1, -0.05) is 13.8 Å². The molecule has 11 heteroatoms. The molecule has 7 N–H and O–H groups in total. The van der Waals surface area contributed by atoms with Crippen molar-refractivity contribution in [2.75, 3.05) is 0 Å². The minimum Gasteiger partial charge on any atom is -0.481 e. The minimum atomic E-state index is -1.56. The molecule has 0 aromatic carbocycles. The predicted octanol–water partition coefficient (Wildman–Crippen LogP) is 3.44. The molecular weight excluding hydrogens is 564 g/mol. The lowest BCUT2D eigenvalue weighted by Crippen LogP contribution is -2.46.